The molecule has 0 aliphatic heterocycles. The van der Waals surface area contributed by atoms with E-state index in [0.29, 0.717) is 15.9 Å². The Morgan fingerprint density at radius 3 is 2.75 bits per heavy atom. The molecule has 16 heavy (non-hydrogen) atoms. The molecule has 1 heterocycles. The lowest BCUT2D eigenvalue weighted by Gasteiger charge is -1.99. The Morgan fingerprint density at radius 1 is 1.38 bits per heavy atom. The fraction of sp³-hybridized carbons (Fsp3) is 0.100. The van der Waals surface area contributed by atoms with Crippen LogP contribution in [0.3, 0.4) is 0 Å². The minimum atomic E-state index is -0.163. The number of thioether (sulfide) groups is 1. The molecule has 1 aromatic carbocycles. The molecule has 2 aromatic rings. The average molecular weight is 251 g/mol. The van der Waals surface area contributed by atoms with E-state index in [0.717, 1.165) is 0 Å². The number of hydrogen-bond donors (Lipinski definition) is 1. The van der Waals surface area contributed by atoms with Gasteiger partial charge in [-0.25, -0.2) is 0 Å². The second-order valence-electron chi connectivity index (χ2n) is 2.91. The Labute approximate surface area is 101 Å². The van der Waals surface area contributed by atoms with Gasteiger partial charge in [0.15, 0.2) is 0 Å². The molecule has 0 radical (unpaired) electrons. The average Bonchev–Trinajstić information content (AvgIpc) is 2.78. The van der Waals surface area contributed by atoms with Crippen LogP contribution in [0.4, 0.5) is 5.13 Å². The second kappa shape index (κ2) is 5.09. The normalized spacial score (nSPS) is 10.1. The Balaban J connectivity index is 2.08. The van der Waals surface area contributed by atoms with Gasteiger partial charge in [0.05, 0.1) is 0 Å². The predicted molar refractivity (Wildman–Crippen MR) is 66.1 cm³/mol. The maximum Gasteiger partial charge on any atom is 0.257 e. The van der Waals surface area contributed by atoms with Crippen molar-refractivity contribution in [1.29, 1.82) is 0 Å². The zero-order valence-corrected chi connectivity index (χ0v) is 10.1. The minimum Gasteiger partial charge on any atom is -0.297 e. The molecule has 0 bridgehead atoms. The summed E-state index contributed by atoms with van der Waals surface area (Å²) in [6.07, 6.45) is 1.89. The lowest BCUT2D eigenvalue weighted by atomic mass is 10.2. The highest BCUT2D eigenvalue weighted by molar-refractivity contribution is 7.98. The molecule has 4 nitrogen and oxygen atoms in total. The molecular formula is C10H9N3OS2. The Hall–Kier alpha value is -1.40. The molecule has 6 heteroatoms. The number of aromatic nitrogens is 2. The molecule has 0 saturated heterocycles. The van der Waals surface area contributed by atoms with Crippen molar-refractivity contribution in [3.8, 4) is 0 Å². The van der Waals surface area contributed by atoms with Crippen LogP contribution in [0.5, 0.6) is 0 Å². The van der Waals surface area contributed by atoms with E-state index < -0.39 is 0 Å². The van der Waals surface area contributed by atoms with E-state index in [9.17, 15) is 4.79 Å². The number of hydrogen-bond acceptors (Lipinski definition) is 5. The lowest BCUT2D eigenvalue weighted by Crippen LogP contribution is -2.11. The number of rotatable bonds is 3. The summed E-state index contributed by atoms with van der Waals surface area (Å²) >= 11 is 2.63. The van der Waals surface area contributed by atoms with Gasteiger partial charge in [-0.2, -0.15) is 9.36 Å². The van der Waals surface area contributed by atoms with E-state index in [-0.39, 0.29) is 5.91 Å². The number of amides is 1. The summed E-state index contributed by atoms with van der Waals surface area (Å²) in [5.41, 5.74) is 0.614. The monoisotopic (exact) mass is 251 g/mol. The summed E-state index contributed by atoms with van der Waals surface area (Å²) in [6.45, 7) is 0. The molecule has 2 rings (SSSR count). The van der Waals surface area contributed by atoms with E-state index in [2.05, 4.69) is 14.7 Å². The molecule has 0 fully saturated rings. The molecule has 0 unspecified atom stereocenters. The van der Waals surface area contributed by atoms with Gasteiger partial charge in [-0.15, -0.1) is 0 Å². The van der Waals surface area contributed by atoms with Crippen molar-refractivity contribution in [2.75, 3.05) is 11.6 Å². The lowest BCUT2D eigenvalue weighted by molar-refractivity contribution is 0.102. The van der Waals surface area contributed by atoms with Crippen molar-refractivity contribution in [3.05, 3.63) is 35.9 Å². The van der Waals surface area contributed by atoms with Crippen molar-refractivity contribution in [2.45, 2.75) is 5.16 Å². The van der Waals surface area contributed by atoms with Gasteiger partial charge in [-0.1, -0.05) is 30.0 Å². The van der Waals surface area contributed by atoms with Crippen molar-refractivity contribution >= 4 is 34.3 Å². The van der Waals surface area contributed by atoms with Crippen molar-refractivity contribution in [3.63, 3.8) is 0 Å². The van der Waals surface area contributed by atoms with Crippen LogP contribution in [0, 0.1) is 0 Å². The van der Waals surface area contributed by atoms with Gasteiger partial charge in [0.1, 0.15) is 0 Å². The molecular weight excluding hydrogens is 242 g/mol. The van der Waals surface area contributed by atoms with Gasteiger partial charge in [0.25, 0.3) is 5.91 Å². The van der Waals surface area contributed by atoms with E-state index in [1.807, 2.05) is 24.5 Å². The maximum atomic E-state index is 11.7. The Bertz CT molecular complexity index is 484. The second-order valence-corrected chi connectivity index (χ2v) is 4.43. The number of carbonyl (C=O) groups excluding carboxylic acids is 1. The van der Waals surface area contributed by atoms with Crippen LogP contribution < -0.4 is 5.32 Å². The van der Waals surface area contributed by atoms with Crippen LogP contribution in [0.25, 0.3) is 0 Å². The first-order valence-electron chi connectivity index (χ1n) is 4.53. The van der Waals surface area contributed by atoms with Crippen LogP contribution in [-0.2, 0) is 0 Å². The number of nitrogens with one attached hydrogen (secondary N) is 1. The molecule has 0 aliphatic carbocycles. The van der Waals surface area contributed by atoms with Crippen molar-refractivity contribution in [1.82, 2.24) is 9.36 Å². The number of benzene rings is 1. The van der Waals surface area contributed by atoms with Gasteiger partial charge >= 0.3 is 0 Å². The smallest absolute Gasteiger partial charge is 0.257 e. The number of anilines is 1. The first-order valence-corrected chi connectivity index (χ1v) is 6.53. The SMILES string of the molecule is CSc1nsc(NC(=O)c2ccccc2)n1. The third-order valence-electron chi connectivity index (χ3n) is 1.85. The third kappa shape index (κ3) is 2.59. The molecule has 0 saturated carbocycles. The summed E-state index contributed by atoms with van der Waals surface area (Å²) in [4.78, 5) is 15.9. The minimum absolute atomic E-state index is 0.163. The topological polar surface area (TPSA) is 54.9 Å². The predicted octanol–water partition coefficient (Wildman–Crippen LogP) is 2.51. The Morgan fingerprint density at radius 2 is 2.12 bits per heavy atom. The molecule has 1 aromatic heterocycles. The van der Waals surface area contributed by atoms with E-state index in [1.165, 1.54) is 23.3 Å². The maximum absolute atomic E-state index is 11.7. The first-order chi connectivity index (χ1) is 7.79. The number of carbonyl (C=O) groups is 1. The highest BCUT2D eigenvalue weighted by atomic mass is 32.2. The largest absolute Gasteiger partial charge is 0.297 e. The quantitative estimate of drug-likeness (QED) is 0.852. The van der Waals surface area contributed by atoms with Crippen molar-refractivity contribution < 1.29 is 4.79 Å². The molecule has 1 N–H and O–H groups in total. The molecule has 0 aliphatic rings. The van der Waals surface area contributed by atoms with Gasteiger partial charge in [-0.3, -0.25) is 10.1 Å². The fourth-order valence-electron chi connectivity index (χ4n) is 1.10. The number of nitrogens with zero attached hydrogens (tertiary/aromatic N) is 2. The summed E-state index contributed by atoms with van der Waals surface area (Å²) in [6, 6.07) is 9.02. The van der Waals surface area contributed by atoms with Crippen LogP contribution in [-0.4, -0.2) is 21.5 Å². The highest BCUT2D eigenvalue weighted by Gasteiger charge is 2.08. The zero-order chi connectivity index (χ0) is 11.4. The summed E-state index contributed by atoms with van der Waals surface area (Å²) in [5, 5.41) is 3.91. The van der Waals surface area contributed by atoms with Crippen molar-refractivity contribution in [2.24, 2.45) is 0 Å². The van der Waals surface area contributed by atoms with E-state index in [4.69, 9.17) is 0 Å². The third-order valence-corrected chi connectivity index (χ3v) is 3.14. The van der Waals surface area contributed by atoms with Crippen LogP contribution in [0.2, 0.25) is 0 Å². The van der Waals surface area contributed by atoms with Crippen LogP contribution in [0.15, 0.2) is 35.5 Å². The van der Waals surface area contributed by atoms with Gasteiger partial charge < -0.3 is 0 Å². The summed E-state index contributed by atoms with van der Waals surface area (Å²) < 4.78 is 4.06. The summed E-state index contributed by atoms with van der Waals surface area (Å²) in [5.74, 6) is -0.163. The first kappa shape index (κ1) is 11.1. The van der Waals surface area contributed by atoms with Crippen LogP contribution in [0.1, 0.15) is 10.4 Å². The molecule has 82 valence electrons. The molecule has 0 atom stereocenters. The van der Waals surface area contributed by atoms with Crippen LogP contribution >= 0.6 is 23.3 Å². The highest BCUT2D eigenvalue weighted by Crippen LogP contribution is 2.18. The van der Waals surface area contributed by atoms with Gasteiger partial charge in [0.2, 0.25) is 10.3 Å². The zero-order valence-electron chi connectivity index (χ0n) is 8.51. The molecule has 1 amide bonds. The summed E-state index contributed by atoms with van der Waals surface area (Å²) in [7, 11) is 0. The molecule has 0 spiro atoms. The Kier molecular flexibility index (Phi) is 3.53. The fourth-order valence-corrected chi connectivity index (χ4v) is 2.22. The van der Waals surface area contributed by atoms with Gasteiger partial charge in [0, 0.05) is 17.1 Å². The standard InChI is InChI=1S/C10H9N3OS2/c1-15-10-12-9(16-13-10)11-8(14)7-5-3-2-4-6-7/h2-6H,1H3,(H,11,12,13,14). The van der Waals surface area contributed by atoms with E-state index in [1.54, 1.807) is 12.1 Å². The van der Waals surface area contributed by atoms with Gasteiger partial charge in [-0.05, 0) is 18.4 Å². The van der Waals surface area contributed by atoms with E-state index >= 15 is 0 Å².